The second kappa shape index (κ2) is 7.96. The molecular weight excluding hydrogens is 286 g/mol. The molecule has 1 atom stereocenters. The Balaban J connectivity index is 2.71. The van der Waals surface area contributed by atoms with Gasteiger partial charge in [-0.05, 0) is 25.3 Å². The van der Waals surface area contributed by atoms with Crippen molar-refractivity contribution in [1.82, 2.24) is 4.90 Å². The molecule has 1 aromatic rings. The lowest BCUT2D eigenvalue weighted by molar-refractivity contribution is 0.189. The summed E-state index contributed by atoms with van der Waals surface area (Å²) in [6.45, 7) is 11.5. The SMILES string of the molecule is CC(C)CN(CC(CBr)c1ccccc1)C(C)C. The molecule has 0 heterocycles. The van der Waals surface area contributed by atoms with E-state index < -0.39 is 0 Å². The quantitative estimate of drug-likeness (QED) is 0.669. The molecule has 0 amide bonds. The second-order valence-electron chi connectivity index (χ2n) is 5.70. The number of halogens is 1. The van der Waals surface area contributed by atoms with E-state index in [1.54, 1.807) is 0 Å². The van der Waals surface area contributed by atoms with Gasteiger partial charge in [0.2, 0.25) is 0 Å². The first kappa shape index (κ1) is 15.7. The Morgan fingerprint density at radius 1 is 1.00 bits per heavy atom. The van der Waals surface area contributed by atoms with Crippen molar-refractivity contribution in [2.45, 2.75) is 39.7 Å². The van der Waals surface area contributed by atoms with Gasteiger partial charge in [0.1, 0.15) is 0 Å². The summed E-state index contributed by atoms with van der Waals surface area (Å²) in [6, 6.07) is 11.4. The molecule has 1 unspecified atom stereocenters. The molecule has 102 valence electrons. The minimum absolute atomic E-state index is 0.576. The number of benzene rings is 1. The monoisotopic (exact) mass is 311 g/mol. The molecule has 1 rings (SSSR count). The van der Waals surface area contributed by atoms with Crippen molar-refractivity contribution >= 4 is 15.9 Å². The van der Waals surface area contributed by atoms with Crippen LogP contribution in [0.1, 0.15) is 39.2 Å². The highest BCUT2D eigenvalue weighted by molar-refractivity contribution is 9.09. The normalized spacial score (nSPS) is 13.6. The van der Waals surface area contributed by atoms with Crippen LogP contribution in [0, 0.1) is 5.92 Å². The Morgan fingerprint density at radius 2 is 1.61 bits per heavy atom. The molecule has 0 aliphatic rings. The molecule has 0 saturated heterocycles. The molecular formula is C16H26BrN. The van der Waals surface area contributed by atoms with Gasteiger partial charge in [0.05, 0.1) is 0 Å². The summed E-state index contributed by atoms with van der Waals surface area (Å²) in [5.74, 6) is 1.30. The van der Waals surface area contributed by atoms with Crippen LogP contribution in [0.3, 0.4) is 0 Å². The molecule has 0 spiro atoms. The largest absolute Gasteiger partial charge is 0.300 e. The fraction of sp³-hybridized carbons (Fsp3) is 0.625. The van der Waals surface area contributed by atoms with E-state index in [0.29, 0.717) is 12.0 Å². The second-order valence-corrected chi connectivity index (χ2v) is 6.35. The third-order valence-corrected chi connectivity index (χ3v) is 4.02. The van der Waals surface area contributed by atoms with E-state index in [1.165, 1.54) is 12.1 Å². The van der Waals surface area contributed by atoms with Crippen LogP contribution in [0.5, 0.6) is 0 Å². The third-order valence-electron chi connectivity index (χ3n) is 3.24. The molecule has 0 radical (unpaired) electrons. The Kier molecular flexibility index (Phi) is 6.95. The lowest BCUT2D eigenvalue weighted by Gasteiger charge is -2.31. The van der Waals surface area contributed by atoms with Gasteiger partial charge in [-0.15, -0.1) is 0 Å². The highest BCUT2D eigenvalue weighted by atomic mass is 79.9. The van der Waals surface area contributed by atoms with E-state index >= 15 is 0 Å². The number of nitrogens with zero attached hydrogens (tertiary/aromatic N) is 1. The molecule has 1 nitrogen and oxygen atoms in total. The zero-order valence-electron chi connectivity index (χ0n) is 12.1. The lowest BCUT2D eigenvalue weighted by Crippen LogP contribution is -2.37. The molecule has 0 aliphatic heterocycles. The molecule has 18 heavy (non-hydrogen) atoms. The van der Waals surface area contributed by atoms with Crippen molar-refractivity contribution in [1.29, 1.82) is 0 Å². The van der Waals surface area contributed by atoms with Crippen LogP contribution in [0.25, 0.3) is 0 Å². The molecule has 0 fully saturated rings. The summed E-state index contributed by atoms with van der Waals surface area (Å²) in [7, 11) is 0. The molecule has 0 aliphatic carbocycles. The van der Waals surface area contributed by atoms with Gasteiger partial charge >= 0.3 is 0 Å². The number of hydrogen-bond acceptors (Lipinski definition) is 1. The fourth-order valence-corrected chi connectivity index (χ4v) is 2.80. The summed E-state index contributed by atoms with van der Waals surface area (Å²) < 4.78 is 0. The van der Waals surface area contributed by atoms with E-state index in [1.807, 2.05) is 0 Å². The first-order valence-electron chi connectivity index (χ1n) is 6.89. The summed E-state index contributed by atoms with van der Waals surface area (Å²) in [5.41, 5.74) is 1.43. The van der Waals surface area contributed by atoms with Gasteiger partial charge in [-0.3, -0.25) is 0 Å². The Labute approximate surface area is 121 Å². The summed E-state index contributed by atoms with van der Waals surface area (Å²) in [5, 5.41) is 1.03. The van der Waals surface area contributed by atoms with Crippen LogP contribution in [0.15, 0.2) is 30.3 Å². The fourth-order valence-electron chi connectivity index (χ4n) is 2.22. The highest BCUT2D eigenvalue weighted by Gasteiger charge is 2.18. The van der Waals surface area contributed by atoms with E-state index in [9.17, 15) is 0 Å². The van der Waals surface area contributed by atoms with Crippen LogP contribution in [0.4, 0.5) is 0 Å². The number of rotatable bonds is 7. The predicted octanol–water partition coefficient (Wildman–Crippen LogP) is 4.53. The van der Waals surface area contributed by atoms with Crippen molar-refractivity contribution in [2.75, 3.05) is 18.4 Å². The summed E-state index contributed by atoms with van der Waals surface area (Å²) in [6.07, 6.45) is 0. The minimum atomic E-state index is 0.576. The maximum absolute atomic E-state index is 3.67. The van der Waals surface area contributed by atoms with Crippen molar-refractivity contribution in [3.8, 4) is 0 Å². The van der Waals surface area contributed by atoms with Gasteiger partial charge in [-0.25, -0.2) is 0 Å². The zero-order valence-corrected chi connectivity index (χ0v) is 13.7. The maximum atomic E-state index is 3.67. The first-order chi connectivity index (χ1) is 8.54. The average molecular weight is 312 g/mol. The molecule has 2 heteroatoms. The van der Waals surface area contributed by atoms with E-state index in [4.69, 9.17) is 0 Å². The van der Waals surface area contributed by atoms with Crippen LogP contribution >= 0.6 is 15.9 Å². The van der Waals surface area contributed by atoms with Gasteiger partial charge in [-0.2, -0.15) is 0 Å². The molecule has 0 bridgehead atoms. The van der Waals surface area contributed by atoms with Crippen molar-refractivity contribution in [2.24, 2.45) is 5.92 Å². The van der Waals surface area contributed by atoms with Crippen LogP contribution in [0.2, 0.25) is 0 Å². The van der Waals surface area contributed by atoms with Crippen LogP contribution in [-0.2, 0) is 0 Å². The van der Waals surface area contributed by atoms with E-state index in [0.717, 1.165) is 17.8 Å². The highest BCUT2D eigenvalue weighted by Crippen LogP contribution is 2.21. The lowest BCUT2D eigenvalue weighted by atomic mass is 9.99. The summed E-state index contributed by atoms with van der Waals surface area (Å²) >= 11 is 3.67. The van der Waals surface area contributed by atoms with Crippen molar-refractivity contribution in [3.05, 3.63) is 35.9 Å². The van der Waals surface area contributed by atoms with Crippen molar-refractivity contribution in [3.63, 3.8) is 0 Å². The van der Waals surface area contributed by atoms with E-state index in [2.05, 4.69) is 78.9 Å². The average Bonchev–Trinajstić information content (AvgIpc) is 2.34. The topological polar surface area (TPSA) is 3.24 Å². The molecule has 0 aromatic heterocycles. The Hall–Kier alpha value is -0.340. The summed E-state index contributed by atoms with van der Waals surface area (Å²) in [4.78, 5) is 2.59. The Bertz CT molecular complexity index is 321. The van der Waals surface area contributed by atoms with Crippen LogP contribution < -0.4 is 0 Å². The number of alkyl halides is 1. The molecule has 0 N–H and O–H groups in total. The minimum Gasteiger partial charge on any atom is -0.300 e. The smallest absolute Gasteiger partial charge is 0.0112 e. The van der Waals surface area contributed by atoms with Gasteiger partial charge in [0, 0.05) is 30.4 Å². The van der Waals surface area contributed by atoms with E-state index in [-0.39, 0.29) is 0 Å². The van der Waals surface area contributed by atoms with Crippen molar-refractivity contribution < 1.29 is 0 Å². The molecule has 0 saturated carbocycles. The number of hydrogen-bond donors (Lipinski definition) is 0. The Morgan fingerprint density at radius 3 is 2.06 bits per heavy atom. The zero-order chi connectivity index (χ0) is 13.5. The first-order valence-corrected chi connectivity index (χ1v) is 8.01. The van der Waals surface area contributed by atoms with Crippen LogP contribution in [-0.4, -0.2) is 29.4 Å². The van der Waals surface area contributed by atoms with Gasteiger partial charge < -0.3 is 4.90 Å². The third kappa shape index (κ3) is 5.11. The standard InChI is InChI=1S/C16H26BrN/c1-13(2)11-18(14(3)4)12-16(10-17)15-8-6-5-7-9-15/h5-9,13-14,16H,10-12H2,1-4H3. The maximum Gasteiger partial charge on any atom is 0.0112 e. The van der Waals surface area contributed by atoms with Gasteiger partial charge in [0.15, 0.2) is 0 Å². The van der Waals surface area contributed by atoms with Gasteiger partial charge in [-0.1, -0.05) is 60.1 Å². The molecule has 1 aromatic carbocycles. The van der Waals surface area contributed by atoms with Gasteiger partial charge in [0.25, 0.3) is 0 Å². The predicted molar refractivity (Wildman–Crippen MR) is 84.5 cm³/mol.